The van der Waals surface area contributed by atoms with E-state index in [4.69, 9.17) is 4.74 Å². The van der Waals surface area contributed by atoms with E-state index in [1.165, 1.54) is 0 Å². The summed E-state index contributed by atoms with van der Waals surface area (Å²) in [6, 6.07) is 14.6. The highest BCUT2D eigenvalue weighted by Crippen LogP contribution is 2.40. The van der Waals surface area contributed by atoms with Gasteiger partial charge >= 0.3 is 0 Å². The minimum absolute atomic E-state index is 0.0972. The first-order valence-electron chi connectivity index (χ1n) is 11.8. The van der Waals surface area contributed by atoms with Crippen LogP contribution in [0.2, 0.25) is 0 Å². The molecule has 0 aromatic heterocycles. The number of hydrogen-bond donors (Lipinski definition) is 1. The van der Waals surface area contributed by atoms with Gasteiger partial charge < -0.3 is 19.6 Å². The van der Waals surface area contributed by atoms with E-state index in [1.807, 2.05) is 43.3 Å². The lowest BCUT2D eigenvalue weighted by Gasteiger charge is -2.28. The van der Waals surface area contributed by atoms with Gasteiger partial charge in [-0.2, -0.15) is 0 Å². The van der Waals surface area contributed by atoms with Crippen molar-refractivity contribution in [3.63, 3.8) is 0 Å². The molecule has 1 N–H and O–H groups in total. The zero-order valence-corrected chi connectivity index (χ0v) is 19.6. The molecular formula is C27H32N2O4. The van der Waals surface area contributed by atoms with Crippen molar-refractivity contribution >= 4 is 23.1 Å². The van der Waals surface area contributed by atoms with Gasteiger partial charge in [0.25, 0.3) is 11.7 Å². The third kappa shape index (κ3) is 4.53. The predicted molar refractivity (Wildman–Crippen MR) is 129 cm³/mol. The summed E-state index contributed by atoms with van der Waals surface area (Å²) in [5.74, 6) is -1.37. The third-order valence-corrected chi connectivity index (χ3v) is 6.63. The first-order chi connectivity index (χ1) is 15.9. The van der Waals surface area contributed by atoms with E-state index in [1.54, 1.807) is 17.0 Å². The van der Waals surface area contributed by atoms with Crippen LogP contribution >= 0.6 is 0 Å². The maximum absolute atomic E-state index is 13.2. The highest BCUT2D eigenvalue weighted by atomic mass is 16.5. The second-order valence-electron chi connectivity index (χ2n) is 8.72. The van der Waals surface area contributed by atoms with Crippen molar-refractivity contribution in [3.8, 4) is 0 Å². The summed E-state index contributed by atoms with van der Waals surface area (Å²) in [4.78, 5) is 30.1. The van der Waals surface area contributed by atoms with Crippen LogP contribution < -0.4 is 4.90 Å². The van der Waals surface area contributed by atoms with E-state index < -0.39 is 17.7 Å². The SMILES string of the molecule is CCN(CC)c1ccc([C@H]2C(=C(O)c3ccc(C)cc3)C(=O)C(=O)N2C[C@H]2CCCO2)cc1. The molecule has 0 aliphatic carbocycles. The van der Waals surface area contributed by atoms with E-state index in [2.05, 4.69) is 18.7 Å². The Hall–Kier alpha value is -3.12. The Morgan fingerprint density at radius 1 is 1.06 bits per heavy atom. The first kappa shape index (κ1) is 23.1. The minimum Gasteiger partial charge on any atom is -0.507 e. The molecule has 6 nitrogen and oxygen atoms in total. The number of ketones is 1. The fourth-order valence-electron chi connectivity index (χ4n) is 4.75. The summed E-state index contributed by atoms with van der Waals surface area (Å²) in [5.41, 5.74) is 3.60. The first-order valence-corrected chi connectivity index (χ1v) is 11.8. The van der Waals surface area contributed by atoms with E-state index in [9.17, 15) is 14.7 Å². The Morgan fingerprint density at radius 3 is 2.30 bits per heavy atom. The van der Waals surface area contributed by atoms with Crippen molar-refractivity contribution in [2.75, 3.05) is 31.1 Å². The van der Waals surface area contributed by atoms with Gasteiger partial charge in [-0.3, -0.25) is 9.59 Å². The number of nitrogens with zero attached hydrogens (tertiary/aromatic N) is 2. The molecule has 2 heterocycles. The number of Topliss-reactive ketones (excluding diaryl/α,β-unsaturated/α-hetero) is 1. The number of hydrogen-bond acceptors (Lipinski definition) is 5. The van der Waals surface area contributed by atoms with Gasteiger partial charge in [0.15, 0.2) is 0 Å². The van der Waals surface area contributed by atoms with Crippen LogP contribution in [0.25, 0.3) is 5.76 Å². The summed E-state index contributed by atoms with van der Waals surface area (Å²) >= 11 is 0. The maximum Gasteiger partial charge on any atom is 0.295 e. The van der Waals surface area contributed by atoms with Gasteiger partial charge in [0.1, 0.15) is 5.76 Å². The van der Waals surface area contributed by atoms with E-state index in [-0.39, 0.29) is 17.4 Å². The van der Waals surface area contributed by atoms with Crippen LogP contribution in [-0.2, 0) is 14.3 Å². The van der Waals surface area contributed by atoms with Gasteiger partial charge in [0.2, 0.25) is 0 Å². The van der Waals surface area contributed by atoms with E-state index >= 15 is 0 Å². The Labute approximate surface area is 195 Å². The number of carbonyl (C=O) groups is 2. The van der Waals surface area contributed by atoms with Crippen molar-refractivity contribution in [2.45, 2.75) is 45.8 Å². The van der Waals surface area contributed by atoms with Crippen molar-refractivity contribution < 1.29 is 19.4 Å². The molecule has 2 aromatic rings. The molecule has 2 aliphatic heterocycles. The standard InChI is InChI=1S/C27H32N2O4/c1-4-28(5-2)21-14-12-19(13-15-21)24-23(25(30)20-10-8-18(3)9-11-20)26(31)27(32)29(24)17-22-7-6-16-33-22/h8-15,22,24,30H,4-7,16-17H2,1-3H3/t22-,24+/m1/s1. The summed E-state index contributed by atoms with van der Waals surface area (Å²) < 4.78 is 5.77. The fraction of sp³-hybridized carbons (Fsp3) is 0.407. The largest absolute Gasteiger partial charge is 0.507 e. The Balaban J connectivity index is 1.78. The summed E-state index contributed by atoms with van der Waals surface area (Å²) in [5, 5.41) is 11.2. The van der Waals surface area contributed by atoms with E-state index in [0.717, 1.165) is 42.7 Å². The number of aryl methyl sites for hydroxylation is 1. The number of aliphatic hydroxyl groups is 1. The third-order valence-electron chi connectivity index (χ3n) is 6.63. The number of carbonyl (C=O) groups excluding carboxylic acids is 2. The number of likely N-dealkylation sites (tertiary alicyclic amines) is 1. The lowest BCUT2D eigenvalue weighted by Crippen LogP contribution is -2.36. The molecule has 2 aromatic carbocycles. The molecule has 2 saturated heterocycles. The summed E-state index contributed by atoms with van der Waals surface area (Å²) in [6.07, 6.45) is 1.70. The fourth-order valence-corrected chi connectivity index (χ4v) is 4.75. The number of rotatable bonds is 7. The lowest BCUT2D eigenvalue weighted by molar-refractivity contribution is -0.140. The predicted octanol–water partition coefficient (Wildman–Crippen LogP) is 4.44. The Kier molecular flexibility index (Phi) is 6.84. The molecule has 0 radical (unpaired) electrons. The second kappa shape index (κ2) is 9.79. The monoisotopic (exact) mass is 448 g/mol. The molecule has 0 unspecified atom stereocenters. The summed E-state index contributed by atoms with van der Waals surface area (Å²) in [7, 11) is 0. The quantitative estimate of drug-likeness (QED) is 0.385. The lowest BCUT2D eigenvalue weighted by atomic mass is 9.94. The smallest absolute Gasteiger partial charge is 0.295 e. The van der Waals surface area contributed by atoms with Crippen molar-refractivity contribution in [3.05, 3.63) is 70.8 Å². The molecule has 0 spiro atoms. The van der Waals surface area contributed by atoms with Crippen LogP contribution in [0.4, 0.5) is 5.69 Å². The highest BCUT2D eigenvalue weighted by molar-refractivity contribution is 6.46. The van der Waals surface area contributed by atoms with Crippen molar-refractivity contribution in [1.82, 2.24) is 4.90 Å². The molecule has 4 rings (SSSR count). The van der Waals surface area contributed by atoms with Crippen LogP contribution in [0, 0.1) is 6.92 Å². The maximum atomic E-state index is 13.2. The Morgan fingerprint density at radius 2 is 1.73 bits per heavy atom. The molecule has 1 amide bonds. The summed E-state index contributed by atoms with van der Waals surface area (Å²) in [6.45, 7) is 8.95. The molecule has 6 heteroatoms. The van der Waals surface area contributed by atoms with Gasteiger partial charge in [-0.25, -0.2) is 0 Å². The zero-order valence-electron chi connectivity index (χ0n) is 19.6. The number of anilines is 1. The van der Waals surface area contributed by atoms with Crippen LogP contribution in [-0.4, -0.2) is 54.0 Å². The number of benzene rings is 2. The van der Waals surface area contributed by atoms with E-state index in [0.29, 0.717) is 18.7 Å². The van der Waals surface area contributed by atoms with Gasteiger partial charge in [-0.15, -0.1) is 0 Å². The molecule has 2 fully saturated rings. The van der Waals surface area contributed by atoms with Crippen LogP contribution in [0.5, 0.6) is 0 Å². The van der Waals surface area contributed by atoms with Crippen LogP contribution in [0.1, 0.15) is 49.4 Å². The van der Waals surface area contributed by atoms with Gasteiger partial charge in [-0.1, -0.05) is 42.0 Å². The number of aliphatic hydroxyl groups excluding tert-OH is 1. The zero-order chi connectivity index (χ0) is 23.5. The van der Waals surface area contributed by atoms with Crippen molar-refractivity contribution in [2.24, 2.45) is 0 Å². The molecular weight excluding hydrogens is 416 g/mol. The normalized spacial score (nSPS) is 22.2. The van der Waals surface area contributed by atoms with Gasteiger partial charge in [0.05, 0.1) is 17.7 Å². The van der Waals surface area contributed by atoms with Crippen molar-refractivity contribution in [1.29, 1.82) is 0 Å². The molecule has 33 heavy (non-hydrogen) atoms. The number of amides is 1. The highest BCUT2D eigenvalue weighted by Gasteiger charge is 2.47. The molecule has 2 aliphatic rings. The van der Waals surface area contributed by atoms with Gasteiger partial charge in [-0.05, 0) is 51.3 Å². The van der Waals surface area contributed by atoms with Crippen LogP contribution in [0.3, 0.4) is 0 Å². The molecule has 2 atom stereocenters. The van der Waals surface area contributed by atoms with Crippen LogP contribution in [0.15, 0.2) is 54.1 Å². The number of ether oxygens (including phenoxy) is 1. The molecule has 0 saturated carbocycles. The molecule has 0 bridgehead atoms. The Bertz CT molecular complexity index is 1030. The average molecular weight is 449 g/mol. The minimum atomic E-state index is -0.652. The van der Waals surface area contributed by atoms with Gasteiger partial charge in [0, 0.05) is 37.5 Å². The topological polar surface area (TPSA) is 70.1 Å². The molecule has 174 valence electrons. The average Bonchev–Trinajstić information content (AvgIpc) is 3.43. The second-order valence-corrected chi connectivity index (χ2v) is 8.72.